The molecule has 0 saturated carbocycles. The van der Waals surface area contributed by atoms with Crippen molar-refractivity contribution in [3.05, 3.63) is 33.5 Å². The molecule has 2 aromatic heterocycles. The van der Waals surface area contributed by atoms with Gasteiger partial charge in [0.2, 0.25) is 0 Å². The van der Waals surface area contributed by atoms with Crippen LogP contribution in [0.4, 0.5) is 5.13 Å². The molecule has 6 heteroatoms. The van der Waals surface area contributed by atoms with Gasteiger partial charge in [0.25, 0.3) is 0 Å². The Kier molecular flexibility index (Phi) is 4.93. The third kappa shape index (κ3) is 4.04. The molecule has 0 aromatic carbocycles. The van der Waals surface area contributed by atoms with Crippen molar-refractivity contribution >= 4 is 33.8 Å². The molecule has 19 heavy (non-hydrogen) atoms. The van der Waals surface area contributed by atoms with Gasteiger partial charge in [-0.25, -0.2) is 4.98 Å². The van der Waals surface area contributed by atoms with E-state index in [2.05, 4.69) is 33.4 Å². The fourth-order valence-corrected chi connectivity index (χ4v) is 3.18. The number of hydrogen-bond donors (Lipinski definition) is 1. The van der Waals surface area contributed by atoms with Crippen molar-refractivity contribution in [1.29, 1.82) is 0 Å². The van der Waals surface area contributed by atoms with Gasteiger partial charge >= 0.3 is 5.97 Å². The maximum atomic E-state index is 11.1. The first-order chi connectivity index (χ1) is 9.19. The minimum absolute atomic E-state index is 0.200. The molecule has 0 aliphatic heterocycles. The molecule has 4 nitrogen and oxygen atoms in total. The molecule has 0 fully saturated rings. The van der Waals surface area contributed by atoms with E-state index < -0.39 is 0 Å². The molecule has 0 amide bonds. The highest BCUT2D eigenvalue weighted by Crippen LogP contribution is 2.25. The molecule has 0 bridgehead atoms. The smallest absolute Gasteiger partial charge is 0.305 e. The van der Waals surface area contributed by atoms with Gasteiger partial charge in [-0.1, -0.05) is 6.07 Å². The lowest BCUT2D eigenvalue weighted by atomic mass is 10.2. The third-order valence-corrected chi connectivity index (χ3v) is 4.55. The number of nitrogens with one attached hydrogen (secondary N) is 1. The van der Waals surface area contributed by atoms with Gasteiger partial charge in [-0.15, -0.1) is 22.7 Å². The number of hydrogen-bond acceptors (Lipinski definition) is 6. The van der Waals surface area contributed by atoms with Gasteiger partial charge in [-0.3, -0.25) is 4.79 Å². The van der Waals surface area contributed by atoms with Crippen LogP contribution in [0, 0.1) is 0 Å². The zero-order valence-corrected chi connectivity index (χ0v) is 12.5. The number of ether oxygens (including phenoxy) is 1. The van der Waals surface area contributed by atoms with Gasteiger partial charge in [0.1, 0.15) is 0 Å². The molecule has 2 heterocycles. The molecule has 0 radical (unpaired) electrons. The predicted octanol–water partition coefficient (Wildman–Crippen LogP) is 3.48. The Balaban J connectivity index is 1.88. The molecule has 1 N–H and O–H groups in total. The maximum Gasteiger partial charge on any atom is 0.305 e. The topological polar surface area (TPSA) is 51.2 Å². The number of anilines is 1. The van der Waals surface area contributed by atoms with Crippen molar-refractivity contribution in [2.45, 2.75) is 25.8 Å². The average molecular weight is 296 g/mol. The van der Waals surface area contributed by atoms with Crippen molar-refractivity contribution in [2.75, 3.05) is 12.4 Å². The number of thiazole rings is 1. The van der Waals surface area contributed by atoms with Crippen LogP contribution >= 0.6 is 22.7 Å². The lowest BCUT2D eigenvalue weighted by Gasteiger charge is -2.10. The van der Waals surface area contributed by atoms with E-state index in [9.17, 15) is 4.79 Å². The largest absolute Gasteiger partial charge is 0.469 e. The van der Waals surface area contributed by atoms with Gasteiger partial charge in [0, 0.05) is 16.7 Å². The molecule has 102 valence electrons. The summed E-state index contributed by atoms with van der Waals surface area (Å²) in [5, 5.41) is 8.30. The number of carbonyl (C=O) groups is 1. The second kappa shape index (κ2) is 6.68. The van der Waals surface area contributed by atoms with Gasteiger partial charge in [0.05, 0.1) is 25.3 Å². The summed E-state index contributed by atoms with van der Waals surface area (Å²) < 4.78 is 4.61. The Hall–Kier alpha value is -1.40. The number of aryl methyl sites for hydroxylation is 1. The van der Waals surface area contributed by atoms with E-state index in [4.69, 9.17) is 0 Å². The zero-order chi connectivity index (χ0) is 13.7. The monoisotopic (exact) mass is 296 g/mol. The van der Waals surface area contributed by atoms with Crippen LogP contribution in [0.5, 0.6) is 0 Å². The van der Waals surface area contributed by atoms with Crippen molar-refractivity contribution in [2.24, 2.45) is 0 Å². The Bertz CT molecular complexity index is 522. The highest BCUT2D eigenvalue weighted by Gasteiger charge is 2.10. The molecule has 1 atom stereocenters. The fraction of sp³-hybridized carbons (Fsp3) is 0.385. The average Bonchev–Trinajstić information content (AvgIpc) is 3.07. The molecule has 0 aliphatic carbocycles. The second-order valence-electron chi connectivity index (χ2n) is 4.10. The standard InChI is InChI=1S/C13H16N2O2S2/c1-9(11-4-3-7-18-11)14-13-15-10(8-19-13)5-6-12(16)17-2/h3-4,7-9H,5-6H2,1-2H3,(H,14,15). The van der Waals surface area contributed by atoms with Crippen LogP contribution in [0.15, 0.2) is 22.9 Å². The van der Waals surface area contributed by atoms with Crippen LogP contribution in [-0.2, 0) is 16.0 Å². The van der Waals surface area contributed by atoms with Crippen LogP contribution in [0.3, 0.4) is 0 Å². The number of thiophene rings is 1. The van der Waals surface area contributed by atoms with Gasteiger partial charge < -0.3 is 10.1 Å². The molecule has 0 spiro atoms. The SMILES string of the molecule is COC(=O)CCc1csc(NC(C)c2cccs2)n1. The van der Waals surface area contributed by atoms with Crippen molar-refractivity contribution < 1.29 is 9.53 Å². The molecule has 0 saturated heterocycles. The minimum Gasteiger partial charge on any atom is -0.469 e. The Labute approximate surface area is 120 Å². The minimum atomic E-state index is -0.200. The van der Waals surface area contributed by atoms with Crippen LogP contribution in [0.2, 0.25) is 0 Å². The van der Waals surface area contributed by atoms with Crippen molar-refractivity contribution in [3.63, 3.8) is 0 Å². The summed E-state index contributed by atoms with van der Waals surface area (Å²) in [6.45, 7) is 2.11. The summed E-state index contributed by atoms with van der Waals surface area (Å²) in [5.41, 5.74) is 0.927. The van der Waals surface area contributed by atoms with Gasteiger partial charge in [0.15, 0.2) is 5.13 Å². The van der Waals surface area contributed by atoms with Gasteiger partial charge in [-0.05, 0) is 18.4 Å². The van der Waals surface area contributed by atoms with E-state index in [-0.39, 0.29) is 12.0 Å². The summed E-state index contributed by atoms with van der Waals surface area (Å²) >= 11 is 3.29. The van der Waals surface area contributed by atoms with Crippen LogP contribution in [-0.4, -0.2) is 18.1 Å². The number of carbonyl (C=O) groups excluding carboxylic acids is 1. The first-order valence-electron chi connectivity index (χ1n) is 6.00. The predicted molar refractivity (Wildman–Crippen MR) is 78.8 cm³/mol. The quantitative estimate of drug-likeness (QED) is 0.829. The second-order valence-corrected chi connectivity index (χ2v) is 5.94. The molecule has 2 aromatic rings. The highest BCUT2D eigenvalue weighted by atomic mass is 32.1. The first kappa shape index (κ1) is 14.0. The van der Waals surface area contributed by atoms with E-state index in [1.165, 1.54) is 12.0 Å². The third-order valence-electron chi connectivity index (χ3n) is 2.67. The number of nitrogens with zero attached hydrogens (tertiary/aromatic N) is 1. The lowest BCUT2D eigenvalue weighted by Crippen LogP contribution is -2.05. The van der Waals surface area contributed by atoms with Crippen molar-refractivity contribution in [3.8, 4) is 0 Å². The first-order valence-corrected chi connectivity index (χ1v) is 7.76. The number of methoxy groups -OCH3 is 1. The van der Waals surface area contributed by atoms with Crippen molar-refractivity contribution in [1.82, 2.24) is 4.98 Å². The Morgan fingerprint density at radius 2 is 2.37 bits per heavy atom. The van der Waals surface area contributed by atoms with E-state index in [0.29, 0.717) is 12.8 Å². The number of esters is 1. The van der Waals surface area contributed by atoms with E-state index in [1.54, 1.807) is 22.7 Å². The summed E-state index contributed by atoms with van der Waals surface area (Å²) in [6, 6.07) is 4.40. The summed E-state index contributed by atoms with van der Waals surface area (Å²) in [4.78, 5) is 16.8. The van der Waals surface area contributed by atoms with Crippen LogP contribution in [0.1, 0.15) is 30.0 Å². The Morgan fingerprint density at radius 3 is 3.05 bits per heavy atom. The lowest BCUT2D eigenvalue weighted by molar-refractivity contribution is -0.140. The van der Waals surface area contributed by atoms with E-state index in [0.717, 1.165) is 10.8 Å². The molecular weight excluding hydrogens is 280 g/mol. The molecule has 2 rings (SSSR count). The van der Waals surface area contributed by atoms with E-state index in [1.807, 2.05) is 11.4 Å². The molecule has 0 aliphatic rings. The number of rotatable bonds is 6. The Morgan fingerprint density at radius 1 is 1.53 bits per heavy atom. The van der Waals surface area contributed by atoms with E-state index >= 15 is 0 Å². The number of aromatic nitrogens is 1. The molecule has 1 unspecified atom stereocenters. The summed E-state index contributed by atoms with van der Waals surface area (Å²) in [6.07, 6.45) is 0.998. The summed E-state index contributed by atoms with van der Waals surface area (Å²) in [5.74, 6) is -0.200. The van der Waals surface area contributed by atoms with Crippen LogP contribution < -0.4 is 5.32 Å². The van der Waals surface area contributed by atoms with Gasteiger partial charge in [-0.2, -0.15) is 0 Å². The summed E-state index contributed by atoms with van der Waals surface area (Å²) in [7, 11) is 1.40. The fourth-order valence-electron chi connectivity index (χ4n) is 1.61. The zero-order valence-electron chi connectivity index (χ0n) is 10.9. The molecular formula is C13H16N2O2S2. The van der Waals surface area contributed by atoms with Crippen LogP contribution in [0.25, 0.3) is 0 Å². The maximum absolute atomic E-state index is 11.1. The highest BCUT2D eigenvalue weighted by molar-refractivity contribution is 7.13. The normalized spacial score (nSPS) is 12.1.